The maximum Gasteiger partial charge on any atom is 0.319 e. The van der Waals surface area contributed by atoms with Crippen molar-refractivity contribution in [2.45, 2.75) is 30.7 Å². The average Bonchev–Trinajstić information content (AvgIpc) is 3.41. The van der Waals surface area contributed by atoms with Gasteiger partial charge in [-0.25, -0.2) is 0 Å². The van der Waals surface area contributed by atoms with Crippen molar-refractivity contribution in [3.05, 3.63) is 54.7 Å². The molecule has 1 atom stereocenters. The monoisotopic (exact) mass is 436 g/mol. The van der Waals surface area contributed by atoms with Gasteiger partial charge in [0.05, 0.1) is 19.4 Å². The summed E-state index contributed by atoms with van der Waals surface area (Å²) in [6.07, 6.45) is 2.55. The van der Waals surface area contributed by atoms with Gasteiger partial charge in [0.25, 0.3) is 0 Å². The van der Waals surface area contributed by atoms with Gasteiger partial charge < -0.3 is 14.5 Å². The van der Waals surface area contributed by atoms with Crippen molar-refractivity contribution in [2.24, 2.45) is 0 Å². The summed E-state index contributed by atoms with van der Waals surface area (Å²) in [6, 6.07) is 15.8. The fourth-order valence-corrected chi connectivity index (χ4v) is 4.39. The minimum atomic E-state index is -0.371. The molecule has 1 N–H and O–H groups in total. The zero-order valence-corrected chi connectivity index (χ0v) is 18.5. The molecule has 0 radical (unpaired) electrons. The number of ether oxygens (including phenoxy) is 2. The number of aromatic amines is 1. The standard InChI is InChI=1S/C23H24N4O3S/c1-4-20(22(28)30-5-2)31-23-26-25-21(18-14-24-19-12-7-6-11-17(18)19)27(23)15-9-8-10-16(13-15)29-3/h6-14,20,24H,4-5H2,1-3H3/t20-/m0/s1. The summed E-state index contributed by atoms with van der Waals surface area (Å²) >= 11 is 1.36. The summed E-state index contributed by atoms with van der Waals surface area (Å²) in [5, 5.41) is 10.3. The van der Waals surface area contributed by atoms with Crippen LogP contribution in [0.1, 0.15) is 20.3 Å². The van der Waals surface area contributed by atoms with E-state index >= 15 is 0 Å². The summed E-state index contributed by atoms with van der Waals surface area (Å²) < 4.78 is 12.6. The van der Waals surface area contributed by atoms with Crippen LogP contribution in [0.25, 0.3) is 28.0 Å². The van der Waals surface area contributed by atoms with E-state index in [-0.39, 0.29) is 11.2 Å². The van der Waals surface area contributed by atoms with Gasteiger partial charge in [0.15, 0.2) is 11.0 Å². The number of benzene rings is 2. The first kappa shape index (κ1) is 21.0. The Hall–Kier alpha value is -3.26. The molecule has 2 heterocycles. The van der Waals surface area contributed by atoms with Crippen molar-refractivity contribution in [1.29, 1.82) is 0 Å². The van der Waals surface area contributed by atoms with Crippen LogP contribution in [-0.4, -0.2) is 44.7 Å². The molecular formula is C23H24N4O3S. The zero-order valence-electron chi connectivity index (χ0n) is 17.7. The molecule has 31 heavy (non-hydrogen) atoms. The van der Waals surface area contributed by atoms with E-state index in [1.807, 2.05) is 73.1 Å². The number of aromatic nitrogens is 4. The molecule has 8 heteroatoms. The van der Waals surface area contributed by atoms with E-state index in [0.717, 1.165) is 27.9 Å². The van der Waals surface area contributed by atoms with Crippen LogP contribution in [0.5, 0.6) is 5.75 Å². The van der Waals surface area contributed by atoms with Gasteiger partial charge in [0.2, 0.25) is 0 Å². The summed E-state index contributed by atoms with van der Waals surface area (Å²) in [6.45, 7) is 4.11. The summed E-state index contributed by atoms with van der Waals surface area (Å²) in [4.78, 5) is 15.7. The van der Waals surface area contributed by atoms with Gasteiger partial charge in [-0.15, -0.1) is 10.2 Å². The lowest BCUT2D eigenvalue weighted by molar-refractivity contribution is -0.142. The number of hydrogen-bond donors (Lipinski definition) is 1. The number of H-pyrrole nitrogens is 1. The Kier molecular flexibility index (Phi) is 6.27. The molecule has 0 fully saturated rings. The molecule has 0 aliphatic heterocycles. The van der Waals surface area contributed by atoms with Crippen LogP contribution in [0.3, 0.4) is 0 Å². The second-order valence-electron chi connectivity index (χ2n) is 6.86. The van der Waals surface area contributed by atoms with E-state index in [1.54, 1.807) is 7.11 Å². The fourth-order valence-electron chi connectivity index (χ4n) is 3.42. The second-order valence-corrected chi connectivity index (χ2v) is 8.03. The van der Waals surface area contributed by atoms with E-state index in [4.69, 9.17) is 9.47 Å². The van der Waals surface area contributed by atoms with Crippen molar-refractivity contribution < 1.29 is 14.3 Å². The molecular weight excluding hydrogens is 412 g/mol. The number of para-hydroxylation sites is 1. The number of hydrogen-bond acceptors (Lipinski definition) is 6. The Labute approximate surface area is 184 Å². The van der Waals surface area contributed by atoms with Gasteiger partial charge in [-0.3, -0.25) is 9.36 Å². The van der Waals surface area contributed by atoms with E-state index in [9.17, 15) is 4.79 Å². The van der Waals surface area contributed by atoms with Gasteiger partial charge in [0, 0.05) is 28.7 Å². The van der Waals surface area contributed by atoms with Crippen molar-refractivity contribution >= 4 is 28.6 Å². The van der Waals surface area contributed by atoms with E-state index < -0.39 is 0 Å². The number of nitrogens with one attached hydrogen (secondary N) is 1. The molecule has 0 spiro atoms. The van der Waals surface area contributed by atoms with Crippen LogP contribution in [0.2, 0.25) is 0 Å². The Morgan fingerprint density at radius 1 is 1.16 bits per heavy atom. The highest BCUT2D eigenvalue weighted by molar-refractivity contribution is 8.00. The van der Waals surface area contributed by atoms with Crippen LogP contribution in [0.15, 0.2) is 59.9 Å². The summed E-state index contributed by atoms with van der Waals surface area (Å²) in [5.41, 5.74) is 2.80. The topological polar surface area (TPSA) is 82.0 Å². The fraction of sp³-hybridized carbons (Fsp3) is 0.261. The van der Waals surface area contributed by atoms with Crippen molar-refractivity contribution in [3.63, 3.8) is 0 Å². The number of esters is 1. The maximum absolute atomic E-state index is 12.4. The van der Waals surface area contributed by atoms with Crippen molar-refractivity contribution in [2.75, 3.05) is 13.7 Å². The molecule has 2 aromatic heterocycles. The lowest BCUT2D eigenvalue weighted by Crippen LogP contribution is -2.20. The first-order valence-electron chi connectivity index (χ1n) is 10.2. The van der Waals surface area contributed by atoms with Crippen LogP contribution in [-0.2, 0) is 9.53 Å². The smallest absolute Gasteiger partial charge is 0.319 e. The Morgan fingerprint density at radius 3 is 2.77 bits per heavy atom. The average molecular weight is 437 g/mol. The van der Waals surface area contributed by atoms with Crippen molar-refractivity contribution in [3.8, 4) is 22.8 Å². The molecule has 0 bridgehead atoms. The molecule has 7 nitrogen and oxygen atoms in total. The SMILES string of the molecule is CCOC(=O)[C@H](CC)Sc1nnc(-c2c[nH]c3ccccc23)n1-c1cccc(OC)c1. The second kappa shape index (κ2) is 9.26. The number of rotatable bonds is 8. The largest absolute Gasteiger partial charge is 0.497 e. The quantitative estimate of drug-likeness (QED) is 0.314. The molecule has 0 unspecified atom stereocenters. The summed E-state index contributed by atoms with van der Waals surface area (Å²) in [5.74, 6) is 1.17. The normalized spacial score (nSPS) is 12.1. The number of methoxy groups -OCH3 is 1. The molecule has 2 aromatic carbocycles. The molecule has 0 aliphatic carbocycles. The predicted molar refractivity (Wildman–Crippen MR) is 122 cm³/mol. The van der Waals surface area contributed by atoms with E-state index in [0.29, 0.717) is 24.0 Å². The summed E-state index contributed by atoms with van der Waals surface area (Å²) in [7, 11) is 1.63. The van der Waals surface area contributed by atoms with Crippen molar-refractivity contribution in [1.82, 2.24) is 19.7 Å². The molecule has 0 aliphatic rings. The molecule has 4 rings (SSSR count). The van der Waals surface area contributed by atoms with Gasteiger partial charge in [-0.05, 0) is 31.5 Å². The van der Waals surface area contributed by atoms with Crippen LogP contribution in [0.4, 0.5) is 0 Å². The number of fused-ring (bicyclic) bond motifs is 1. The van der Waals surface area contributed by atoms with Gasteiger partial charge >= 0.3 is 5.97 Å². The molecule has 0 saturated carbocycles. The van der Waals surface area contributed by atoms with E-state index in [2.05, 4.69) is 15.2 Å². The lowest BCUT2D eigenvalue weighted by Gasteiger charge is -2.15. The first-order chi connectivity index (χ1) is 15.2. The highest BCUT2D eigenvalue weighted by atomic mass is 32.2. The minimum Gasteiger partial charge on any atom is -0.497 e. The van der Waals surface area contributed by atoms with Gasteiger partial charge in [-0.2, -0.15) is 0 Å². The third kappa shape index (κ3) is 4.16. The zero-order chi connectivity index (χ0) is 21.8. The maximum atomic E-state index is 12.4. The predicted octanol–water partition coefficient (Wildman–Crippen LogP) is 4.86. The Balaban J connectivity index is 1.85. The third-order valence-electron chi connectivity index (χ3n) is 4.94. The third-order valence-corrected chi connectivity index (χ3v) is 6.23. The molecule has 160 valence electrons. The highest BCUT2D eigenvalue weighted by Crippen LogP contribution is 2.35. The van der Waals surface area contributed by atoms with Crippen LogP contribution >= 0.6 is 11.8 Å². The molecule has 0 amide bonds. The Morgan fingerprint density at radius 2 is 2.00 bits per heavy atom. The Bertz CT molecular complexity index is 1200. The number of carbonyl (C=O) groups excluding carboxylic acids is 1. The van der Waals surface area contributed by atoms with Gasteiger partial charge in [0.1, 0.15) is 11.0 Å². The molecule has 4 aromatic rings. The highest BCUT2D eigenvalue weighted by Gasteiger charge is 2.25. The lowest BCUT2D eigenvalue weighted by atomic mass is 10.1. The van der Waals surface area contributed by atoms with E-state index in [1.165, 1.54) is 11.8 Å². The van der Waals surface area contributed by atoms with Gasteiger partial charge in [-0.1, -0.05) is 43.0 Å². The van der Waals surface area contributed by atoms with Crippen LogP contribution < -0.4 is 4.74 Å². The number of carbonyl (C=O) groups is 1. The van der Waals surface area contributed by atoms with Crippen LogP contribution in [0, 0.1) is 0 Å². The molecule has 0 saturated heterocycles. The minimum absolute atomic E-state index is 0.246. The number of nitrogens with zero attached hydrogens (tertiary/aromatic N) is 3. The number of thioether (sulfide) groups is 1. The first-order valence-corrected chi connectivity index (χ1v) is 11.0.